The van der Waals surface area contributed by atoms with E-state index in [4.69, 9.17) is 4.74 Å². The van der Waals surface area contributed by atoms with Crippen LogP contribution in [0.4, 0.5) is 14.9 Å². The molecule has 2 heterocycles. The molecule has 2 N–H and O–H groups in total. The second-order valence-corrected chi connectivity index (χ2v) is 11.7. The number of hydrogen-bond acceptors (Lipinski definition) is 5. The molecule has 2 aliphatic heterocycles. The van der Waals surface area contributed by atoms with Gasteiger partial charge in [0.25, 0.3) is 0 Å². The Morgan fingerprint density at radius 1 is 1.18 bits per heavy atom. The van der Waals surface area contributed by atoms with Gasteiger partial charge in [-0.05, 0) is 67.2 Å². The molecule has 1 unspecified atom stereocenters. The smallest absolute Gasteiger partial charge is 0.315 e. The van der Waals surface area contributed by atoms with E-state index in [1.165, 1.54) is 31.0 Å². The van der Waals surface area contributed by atoms with Gasteiger partial charge in [-0.3, -0.25) is 0 Å². The second kappa shape index (κ2) is 14.1. The zero-order chi connectivity index (χ0) is 27.7. The van der Waals surface area contributed by atoms with Crippen molar-refractivity contribution in [3.8, 4) is 0 Å². The molecule has 40 heavy (non-hydrogen) atoms. The van der Waals surface area contributed by atoms with Crippen LogP contribution < -0.4 is 15.5 Å². The summed E-state index contributed by atoms with van der Waals surface area (Å²) in [4.78, 5) is 17.1. The molecule has 2 fully saturated rings. The third-order valence-corrected chi connectivity index (χ3v) is 8.93. The van der Waals surface area contributed by atoms with Crippen LogP contribution in [0.3, 0.4) is 0 Å². The molecule has 8 heteroatoms. The van der Waals surface area contributed by atoms with Crippen molar-refractivity contribution in [2.45, 2.75) is 51.0 Å². The lowest BCUT2D eigenvalue weighted by Crippen LogP contribution is -2.43. The molecule has 6 nitrogen and oxygen atoms in total. The van der Waals surface area contributed by atoms with Crippen LogP contribution in [0.2, 0.25) is 0 Å². The van der Waals surface area contributed by atoms with Gasteiger partial charge in [-0.1, -0.05) is 55.8 Å². The van der Waals surface area contributed by atoms with Gasteiger partial charge in [0.1, 0.15) is 5.83 Å². The highest BCUT2D eigenvalue weighted by molar-refractivity contribution is 8.06. The van der Waals surface area contributed by atoms with E-state index in [1.807, 2.05) is 6.08 Å². The molecule has 0 radical (unpaired) electrons. The number of morpholine rings is 1. The van der Waals surface area contributed by atoms with Gasteiger partial charge in [-0.2, -0.15) is 0 Å². The number of ether oxygens (including phenoxy) is 1. The summed E-state index contributed by atoms with van der Waals surface area (Å²) in [5.41, 5.74) is 4.49. The second-order valence-electron chi connectivity index (χ2n) is 10.9. The lowest BCUT2D eigenvalue weighted by molar-refractivity contribution is 0.122. The van der Waals surface area contributed by atoms with E-state index in [2.05, 4.69) is 62.8 Å². The van der Waals surface area contributed by atoms with E-state index in [1.54, 1.807) is 17.8 Å². The average molecular weight is 569 g/mol. The lowest BCUT2D eigenvalue weighted by atomic mass is 9.93. The molecular weight excluding hydrogens is 523 g/mol. The van der Waals surface area contributed by atoms with Gasteiger partial charge in [0.2, 0.25) is 0 Å². The van der Waals surface area contributed by atoms with E-state index in [0.29, 0.717) is 19.0 Å². The molecule has 0 spiro atoms. The number of carbonyl (C=O) groups is 1. The van der Waals surface area contributed by atoms with Crippen molar-refractivity contribution in [2.75, 3.05) is 44.3 Å². The molecule has 218 valence electrons. The number of anilines is 1. The van der Waals surface area contributed by atoms with Crippen molar-refractivity contribution >= 4 is 29.2 Å². The Hall–Kier alpha value is -2.97. The first kappa shape index (κ1) is 28.6. The quantitative estimate of drug-likeness (QED) is 0.308. The van der Waals surface area contributed by atoms with Crippen molar-refractivity contribution < 1.29 is 16.8 Å². The van der Waals surface area contributed by atoms with Crippen molar-refractivity contribution in [3.63, 3.8) is 0 Å². The minimum Gasteiger partial charge on any atom is -0.378 e. The molecule has 1 saturated carbocycles. The summed E-state index contributed by atoms with van der Waals surface area (Å²) < 4.78 is 19.0. The molecule has 0 aromatic heterocycles. The van der Waals surface area contributed by atoms with Crippen molar-refractivity contribution in [3.05, 3.63) is 82.5 Å². The Balaban J connectivity index is 0.00000242. The first-order valence-corrected chi connectivity index (χ1v) is 15.5. The SMILES string of the molecule is C=C(/C=C1\SC=C(c2ccc(N3CCOCC3)cc2)N1CCCNC(=O)NC1CCCCC1)C1C=CC(F)=CC1.[HH].[HH]. The molecule has 0 bridgehead atoms. The van der Waals surface area contributed by atoms with Crippen LogP contribution in [0.5, 0.6) is 0 Å². The highest BCUT2D eigenvalue weighted by Gasteiger charge is 2.24. The van der Waals surface area contributed by atoms with Crippen LogP contribution in [-0.2, 0) is 4.74 Å². The fraction of sp³-hybridized carbons (Fsp3) is 0.469. The van der Waals surface area contributed by atoms with E-state index >= 15 is 0 Å². The number of nitrogens with zero attached hydrogens (tertiary/aromatic N) is 2. The minimum atomic E-state index is -0.182. The summed E-state index contributed by atoms with van der Waals surface area (Å²) in [6, 6.07) is 9.00. The van der Waals surface area contributed by atoms with Crippen LogP contribution >= 0.6 is 11.8 Å². The molecule has 1 atom stereocenters. The molecule has 4 aliphatic rings. The zero-order valence-corrected chi connectivity index (χ0v) is 24.1. The van der Waals surface area contributed by atoms with Crippen molar-refractivity contribution in [1.82, 2.24) is 15.5 Å². The van der Waals surface area contributed by atoms with Crippen LogP contribution in [0, 0.1) is 5.92 Å². The largest absolute Gasteiger partial charge is 0.378 e. The lowest BCUT2D eigenvalue weighted by Gasteiger charge is -2.29. The summed E-state index contributed by atoms with van der Waals surface area (Å²) in [5.74, 6) is -0.0884. The molecule has 1 saturated heterocycles. The molecule has 2 aliphatic carbocycles. The Kier molecular flexibility index (Phi) is 10.1. The number of nitrogens with one attached hydrogen (secondary N) is 2. The highest BCUT2D eigenvalue weighted by Crippen LogP contribution is 2.41. The number of benzene rings is 1. The fourth-order valence-electron chi connectivity index (χ4n) is 5.65. The third kappa shape index (κ3) is 7.61. The Morgan fingerprint density at radius 2 is 1.95 bits per heavy atom. The van der Waals surface area contributed by atoms with Crippen LogP contribution in [0.15, 0.2) is 77.0 Å². The molecule has 2 amide bonds. The van der Waals surface area contributed by atoms with Gasteiger partial charge in [0.15, 0.2) is 0 Å². The summed E-state index contributed by atoms with van der Waals surface area (Å²) in [6.45, 7) is 9.04. The van der Waals surface area contributed by atoms with Gasteiger partial charge < -0.3 is 25.2 Å². The maximum atomic E-state index is 13.5. The average Bonchev–Trinajstić information content (AvgIpc) is 3.38. The predicted molar refractivity (Wildman–Crippen MR) is 168 cm³/mol. The number of urea groups is 1. The zero-order valence-electron chi connectivity index (χ0n) is 23.2. The van der Waals surface area contributed by atoms with Gasteiger partial charge in [-0.15, -0.1) is 0 Å². The molecule has 5 rings (SSSR count). The Morgan fingerprint density at radius 3 is 2.67 bits per heavy atom. The number of carbonyl (C=O) groups excluding carboxylic acids is 1. The number of rotatable bonds is 9. The molecule has 1 aromatic carbocycles. The van der Waals surface area contributed by atoms with Gasteiger partial charge >= 0.3 is 6.03 Å². The predicted octanol–water partition coefficient (Wildman–Crippen LogP) is 7.21. The fourth-order valence-corrected chi connectivity index (χ4v) is 6.68. The van der Waals surface area contributed by atoms with Gasteiger partial charge in [-0.25, -0.2) is 9.18 Å². The number of amides is 2. The number of halogens is 1. The van der Waals surface area contributed by atoms with Crippen LogP contribution in [0.25, 0.3) is 5.70 Å². The first-order valence-electron chi connectivity index (χ1n) is 14.6. The standard InChI is InChI=1S/C32H41FN4O2S.2H2/c1-24(25-8-12-27(33)13-9-25)22-31-37(17-5-16-34-32(38)35-28-6-3-2-4-7-28)30(23-40-31)26-10-14-29(15-11-26)36-18-20-39-21-19-36;;/h8,10-15,22-23,25,28H,1-7,9,16-21H2,(H2,34,35,38);2*1H/b31-22-;;. The maximum absolute atomic E-state index is 13.5. The third-order valence-electron chi connectivity index (χ3n) is 8.01. The van der Waals surface area contributed by atoms with Gasteiger partial charge in [0.05, 0.1) is 23.9 Å². The summed E-state index contributed by atoms with van der Waals surface area (Å²) in [7, 11) is 0. The normalized spacial score (nSPS) is 22.7. The maximum Gasteiger partial charge on any atom is 0.315 e. The summed E-state index contributed by atoms with van der Waals surface area (Å²) in [6.07, 6.45) is 14.4. The van der Waals surface area contributed by atoms with E-state index in [0.717, 1.165) is 74.0 Å². The summed E-state index contributed by atoms with van der Waals surface area (Å²) in [5, 5.41) is 9.49. The van der Waals surface area contributed by atoms with Crippen molar-refractivity contribution in [2.24, 2.45) is 5.92 Å². The van der Waals surface area contributed by atoms with Crippen molar-refractivity contribution in [1.29, 1.82) is 0 Å². The van der Waals surface area contributed by atoms with E-state index < -0.39 is 0 Å². The Labute approximate surface area is 245 Å². The van der Waals surface area contributed by atoms with Crippen LogP contribution in [0.1, 0.15) is 53.4 Å². The van der Waals surface area contributed by atoms with Gasteiger partial charge in [0, 0.05) is 52.1 Å². The first-order chi connectivity index (χ1) is 19.6. The van der Waals surface area contributed by atoms with Crippen LogP contribution in [-0.4, -0.2) is 56.4 Å². The monoisotopic (exact) mass is 568 g/mol. The molecule has 1 aromatic rings. The van der Waals surface area contributed by atoms with E-state index in [-0.39, 0.29) is 20.6 Å². The topological polar surface area (TPSA) is 56.8 Å². The van der Waals surface area contributed by atoms with E-state index in [9.17, 15) is 9.18 Å². The number of hydrogen-bond donors (Lipinski definition) is 2. The Bertz CT molecular complexity index is 1180. The summed E-state index contributed by atoms with van der Waals surface area (Å²) >= 11 is 1.69. The molecular formula is C32H45FN4O2S. The number of thioether (sulfide) groups is 1. The minimum absolute atomic E-state index is 0. The highest BCUT2D eigenvalue weighted by atomic mass is 32.2. The number of allylic oxidation sites excluding steroid dienone is 6.